The number of carbonyl (C=O) groups excluding carboxylic acids is 2. The van der Waals surface area contributed by atoms with Crippen molar-refractivity contribution in [1.82, 2.24) is 5.32 Å². The summed E-state index contributed by atoms with van der Waals surface area (Å²) >= 11 is 0. The molecular weight excluding hydrogens is 537 g/mol. The molecule has 40 heavy (non-hydrogen) atoms. The summed E-state index contributed by atoms with van der Waals surface area (Å²) in [4.78, 5) is 40.9. The molecule has 0 bridgehead atoms. The minimum Gasteiger partial charge on any atom is -0.457 e. The van der Waals surface area contributed by atoms with Crippen molar-refractivity contribution in [3.63, 3.8) is 0 Å². The van der Waals surface area contributed by atoms with E-state index >= 15 is 0 Å². The van der Waals surface area contributed by atoms with Crippen molar-refractivity contribution in [2.24, 2.45) is 0 Å². The molecule has 0 aliphatic rings. The zero-order valence-corrected chi connectivity index (χ0v) is 26.1. The predicted octanol–water partition coefficient (Wildman–Crippen LogP) is 6.57. The van der Waals surface area contributed by atoms with Crippen molar-refractivity contribution < 1.29 is 42.7 Å². The molecule has 1 amide bonds. The van der Waals surface area contributed by atoms with Gasteiger partial charge < -0.3 is 29.3 Å². The maximum atomic E-state index is 12.2. The third-order valence-corrected chi connectivity index (χ3v) is 7.01. The van der Waals surface area contributed by atoms with Crippen LogP contribution in [0.15, 0.2) is 0 Å². The molecule has 0 spiro atoms. The van der Waals surface area contributed by atoms with Gasteiger partial charge in [-0.25, -0.2) is 4.57 Å². The second-order valence-corrected chi connectivity index (χ2v) is 11.8. The first-order valence-corrected chi connectivity index (χ1v) is 17.1. The van der Waals surface area contributed by atoms with E-state index in [-0.39, 0.29) is 25.7 Å². The van der Waals surface area contributed by atoms with E-state index in [4.69, 9.17) is 24.0 Å². The van der Waals surface area contributed by atoms with Crippen LogP contribution in [0.5, 0.6) is 0 Å². The summed E-state index contributed by atoms with van der Waals surface area (Å²) in [6.07, 6.45) is 19.9. The highest BCUT2D eigenvalue weighted by atomic mass is 31.2. The Morgan fingerprint density at radius 1 is 0.725 bits per heavy atom. The van der Waals surface area contributed by atoms with Crippen molar-refractivity contribution in [2.45, 2.75) is 142 Å². The normalized spacial score (nSPS) is 12.4. The summed E-state index contributed by atoms with van der Waals surface area (Å²) < 4.78 is 31.8. The molecule has 0 aromatic carbocycles. The molecule has 0 radical (unpaired) electrons. The highest BCUT2D eigenvalue weighted by Crippen LogP contribution is 2.35. The summed E-state index contributed by atoms with van der Waals surface area (Å²) in [6.45, 7) is 4.60. The highest BCUT2D eigenvalue weighted by Gasteiger charge is 2.21. The molecule has 3 N–H and O–H groups in total. The summed E-state index contributed by atoms with van der Waals surface area (Å²) in [6, 6.07) is 0. The molecule has 0 heterocycles. The number of rotatable bonds is 30. The average Bonchev–Trinajstić information content (AvgIpc) is 2.89. The summed E-state index contributed by atoms with van der Waals surface area (Å²) in [5.41, 5.74) is 0. The van der Waals surface area contributed by atoms with E-state index in [1.54, 1.807) is 6.92 Å². The van der Waals surface area contributed by atoms with Crippen molar-refractivity contribution in [3.8, 4) is 0 Å². The minimum atomic E-state index is -4.67. The first kappa shape index (κ1) is 39.0. The number of phosphoric acid groups is 1. The SMILES string of the molecule is CCCCCCCCCCC(=O)O[C@H](COCOCCCCCCCCCCCCNC(C)=O)COP(=O)(O)O. The van der Waals surface area contributed by atoms with Crippen LogP contribution in [0.3, 0.4) is 0 Å². The zero-order chi connectivity index (χ0) is 29.7. The number of carbonyl (C=O) groups is 2. The lowest BCUT2D eigenvalue weighted by atomic mass is 10.1. The fraction of sp³-hybridized carbons (Fsp3) is 0.931. The Balaban J connectivity index is 3.78. The predicted molar refractivity (Wildman–Crippen MR) is 157 cm³/mol. The quantitative estimate of drug-likeness (QED) is 0.0364. The van der Waals surface area contributed by atoms with Gasteiger partial charge in [-0.15, -0.1) is 0 Å². The molecule has 0 unspecified atom stereocenters. The van der Waals surface area contributed by atoms with E-state index < -0.39 is 26.5 Å². The Hall–Kier alpha value is -1.03. The lowest BCUT2D eigenvalue weighted by Crippen LogP contribution is -2.28. The van der Waals surface area contributed by atoms with Crippen LogP contribution >= 0.6 is 7.82 Å². The van der Waals surface area contributed by atoms with Gasteiger partial charge in [-0.3, -0.25) is 14.1 Å². The maximum absolute atomic E-state index is 12.2. The van der Waals surface area contributed by atoms with Gasteiger partial charge in [0.25, 0.3) is 0 Å². The molecule has 0 aliphatic carbocycles. The third kappa shape index (κ3) is 31.5. The number of unbranched alkanes of at least 4 members (excludes halogenated alkanes) is 16. The van der Waals surface area contributed by atoms with Gasteiger partial charge in [0, 0.05) is 26.5 Å². The second-order valence-electron chi connectivity index (χ2n) is 10.5. The van der Waals surface area contributed by atoms with Crippen LogP contribution in [-0.4, -0.2) is 60.9 Å². The van der Waals surface area contributed by atoms with Gasteiger partial charge in [0.05, 0.1) is 13.2 Å². The van der Waals surface area contributed by atoms with Crippen LogP contribution in [0, 0.1) is 0 Å². The van der Waals surface area contributed by atoms with E-state index in [2.05, 4.69) is 16.8 Å². The average molecular weight is 596 g/mol. The molecule has 1 atom stereocenters. The number of hydrogen-bond acceptors (Lipinski definition) is 7. The minimum absolute atomic E-state index is 0.0178. The van der Waals surface area contributed by atoms with Gasteiger partial charge >= 0.3 is 13.8 Å². The lowest BCUT2D eigenvalue weighted by molar-refractivity contribution is -0.158. The Morgan fingerprint density at radius 3 is 1.80 bits per heavy atom. The van der Waals surface area contributed by atoms with Crippen LogP contribution in [0.25, 0.3) is 0 Å². The van der Waals surface area contributed by atoms with E-state index in [9.17, 15) is 14.2 Å². The van der Waals surface area contributed by atoms with Crippen molar-refractivity contribution in [2.75, 3.05) is 33.2 Å². The van der Waals surface area contributed by atoms with E-state index in [1.165, 1.54) is 77.0 Å². The first-order valence-electron chi connectivity index (χ1n) is 15.5. The molecule has 0 fully saturated rings. The number of nitrogens with one attached hydrogen (secondary N) is 1. The van der Waals surface area contributed by atoms with Gasteiger partial charge in [-0.1, -0.05) is 103 Å². The molecular formula is C29H58NO9P. The van der Waals surface area contributed by atoms with Crippen LogP contribution in [0.4, 0.5) is 0 Å². The molecule has 10 nitrogen and oxygen atoms in total. The number of phosphoric ester groups is 1. The van der Waals surface area contributed by atoms with Gasteiger partial charge in [0.1, 0.15) is 12.9 Å². The number of ether oxygens (including phenoxy) is 3. The zero-order valence-electron chi connectivity index (χ0n) is 25.2. The van der Waals surface area contributed by atoms with Gasteiger partial charge in [-0.05, 0) is 19.3 Å². The van der Waals surface area contributed by atoms with E-state index in [0.717, 1.165) is 45.1 Å². The topological polar surface area (TPSA) is 141 Å². The van der Waals surface area contributed by atoms with Crippen LogP contribution in [0.1, 0.15) is 136 Å². The first-order chi connectivity index (χ1) is 19.2. The smallest absolute Gasteiger partial charge is 0.457 e. The Bertz CT molecular complexity index is 645. The number of hydrogen-bond donors (Lipinski definition) is 3. The van der Waals surface area contributed by atoms with Gasteiger partial charge in [-0.2, -0.15) is 0 Å². The lowest BCUT2D eigenvalue weighted by Gasteiger charge is -2.18. The van der Waals surface area contributed by atoms with Crippen LogP contribution in [-0.2, 0) is 32.9 Å². The molecule has 0 saturated heterocycles. The molecule has 0 aliphatic heterocycles. The second kappa shape index (κ2) is 28.1. The van der Waals surface area contributed by atoms with Crippen molar-refractivity contribution >= 4 is 19.7 Å². The summed E-state index contributed by atoms with van der Waals surface area (Å²) in [5.74, 6) is -0.378. The molecule has 0 rings (SSSR count). The molecule has 0 aromatic heterocycles. The molecule has 0 aromatic rings. The van der Waals surface area contributed by atoms with Gasteiger partial charge in [0.15, 0.2) is 0 Å². The van der Waals surface area contributed by atoms with E-state index in [0.29, 0.717) is 6.61 Å². The molecule has 238 valence electrons. The van der Waals surface area contributed by atoms with Crippen molar-refractivity contribution in [3.05, 3.63) is 0 Å². The fourth-order valence-corrected chi connectivity index (χ4v) is 4.61. The largest absolute Gasteiger partial charge is 0.469 e. The summed E-state index contributed by atoms with van der Waals surface area (Å²) in [7, 11) is -4.67. The Kier molecular flexibility index (Phi) is 27.4. The van der Waals surface area contributed by atoms with Gasteiger partial charge in [0.2, 0.25) is 5.91 Å². The third-order valence-electron chi connectivity index (χ3n) is 6.52. The Labute approximate surface area is 242 Å². The van der Waals surface area contributed by atoms with Crippen molar-refractivity contribution in [1.29, 1.82) is 0 Å². The Morgan fingerprint density at radius 2 is 1.25 bits per heavy atom. The summed E-state index contributed by atoms with van der Waals surface area (Å²) in [5, 5.41) is 2.82. The fourth-order valence-electron chi connectivity index (χ4n) is 4.25. The maximum Gasteiger partial charge on any atom is 0.469 e. The molecule has 0 saturated carbocycles. The van der Waals surface area contributed by atoms with Crippen LogP contribution < -0.4 is 5.32 Å². The highest BCUT2D eigenvalue weighted by molar-refractivity contribution is 7.46. The number of amides is 1. The number of esters is 1. The van der Waals surface area contributed by atoms with E-state index in [1.807, 2.05) is 0 Å². The standard InChI is InChI=1S/C29H58NO9P/c1-3-4-5-6-7-12-15-18-21-29(32)39-28(25-38-40(33,34)35)24-37-26-36-23-20-17-14-11-9-8-10-13-16-19-22-30-27(2)31/h28H,3-26H2,1-2H3,(H,30,31)(H2,33,34,35)/t28-/m1/s1. The van der Waals surface area contributed by atoms with Crippen LogP contribution in [0.2, 0.25) is 0 Å². The molecule has 11 heteroatoms. The monoisotopic (exact) mass is 595 g/mol.